The monoisotopic (exact) mass is 428 g/mol. The Hall–Kier alpha value is -2.83. The largest absolute Gasteiger partial charge is 0.324 e. The Morgan fingerprint density at radius 2 is 1.55 bits per heavy atom. The van der Waals surface area contributed by atoms with Gasteiger partial charge in [0.05, 0.1) is 15.6 Å². The normalized spacial score (nSPS) is 11.1. The maximum absolute atomic E-state index is 13.3. The summed E-state index contributed by atoms with van der Waals surface area (Å²) < 4.78 is 27.7. The Morgan fingerprint density at radius 1 is 0.931 bits per heavy atom. The third-order valence-electron chi connectivity index (χ3n) is 4.44. The second-order valence-corrected chi connectivity index (χ2v) is 8.91. The molecule has 0 bridgehead atoms. The van der Waals surface area contributed by atoms with Crippen molar-refractivity contribution >= 4 is 38.9 Å². The van der Waals surface area contributed by atoms with E-state index in [0.717, 1.165) is 15.4 Å². The van der Waals surface area contributed by atoms with Crippen molar-refractivity contribution in [3.05, 3.63) is 88.9 Å². The summed E-state index contributed by atoms with van der Waals surface area (Å²) >= 11 is 6.27. The first kappa shape index (κ1) is 20.9. The van der Waals surface area contributed by atoms with Gasteiger partial charge in [-0.2, -0.15) is 0 Å². The number of amides is 1. The lowest BCUT2D eigenvalue weighted by Crippen LogP contribution is -2.38. The Kier molecular flexibility index (Phi) is 6.25. The topological polar surface area (TPSA) is 66.5 Å². The number of nitrogens with zero attached hydrogens (tertiary/aromatic N) is 1. The molecule has 0 atom stereocenters. The van der Waals surface area contributed by atoms with Crippen molar-refractivity contribution in [3.8, 4) is 0 Å². The van der Waals surface area contributed by atoms with Gasteiger partial charge in [0.1, 0.15) is 6.54 Å². The third-order valence-corrected chi connectivity index (χ3v) is 6.53. The van der Waals surface area contributed by atoms with Crippen LogP contribution >= 0.6 is 11.6 Å². The highest BCUT2D eigenvalue weighted by Gasteiger charge is 2.28. The van der Waals surface area contributed by atoms with E-state index in [1.165, 1.54) is 12.1 Å². The van der Waals surface area contributed by atoms with Crippen LogP contribution in [0, 0.1) is 13.8 Å². The molecule has 0 aromatic heterocycles. The molecule has 0 heterocycles. The van der Waals surface area contributed by atoms with Crippen LogP contribution in [0.3, 0.4) is 0 Å². The molecule has 150 valence electrons. The van der Waals surface area contributed by atoms with Gasteiger partial charge in [-0.3, -0.25) is 9.10 Å². The highest BCUT2D eigenvalue weighted by molar-refractivity contribution is 7.92. The molecule has 3 rings (SSSR count). The van der Waals surface area contributed by atoms with Gasteiger partial charge in [0.2, 0.25) is 5.91 Å². The molecule has 7 heteroatoms. The quantitative estimate of drug-likeness (QED) is 0.613. The summed E-state index contributed by atoms with van der Waals surface area (Å²) in [6.07, 6.45) is 0. The Bertz CT molecular complexity index is 1130. The van der Waals surface area contributed by atoms with Crippen LogP contribution in [0.25, 0.3) is 0 Å². The number of anilines is 2. The number of para-hydroxylation sites is 2. The van der Waals surface area contributed by atoms with Crippen LogP contribution in [0.1, 0.15) is 11.1 Å². The molecule has 3 aromatic rings. The lowest BCUT2D eigenvalue weighted by molar-refractivity contribution is -0.114. The van der Waals surface area contributed by atoms with E-state index in [4.69, 9.17) is 11.6 Å². The summed E-state index contributed by atoms with van der Waals surface area (Å²) in [7, 11) is -4.00. The smallest absolute Gasteiger partial charge is 0.264 e. The molecular weight excluding hydrogens is 408 g/mol. The molecule has 0 aliphatic carbocycles. The van der Waals surface area contributed by atoms with Crippen LogP contribution in [0.2, 0.25) is 5.02 Å². The molecule has 0 unspecified atom stereocenters. The predicted octanol–water partition coefficient (Wildman–Crippen LogP) is 4.79. The van der Waals surface area contributed by atoms with E-state index in [2.05, 4.69) is 5.32 Å². The Balaban J connectivity index is 1.98. The summed E-state index contributed by atoms with van der Waals surface area (Å²) in [4.78, 5) is 12.8. The number of benzene rings is 3. The Labute approximate surface area is 176 Å². The van der Waals surface area contributed by atoms with Gasteiger partial charge in [-0.15, -0.1) is 0 Å². The van der Waals surface area contributed by atoms with Crippen molar-refractivity contribution in [2.45, 2.75) is 18.7 Å². The minimum atomic E-state index is -4.00. The van der Waals surface area contributed by atoms with Crippen LogP contribution in [0.5, 0.6) is 0 Å². The number of hydrogen-bond acceptors (Lipinski definition) is 3. The van der Waals surface area contributed by atoms with E-state index in [9.17, 15) is 13.2 Å². The average molecular weight is 429 g/mol. The van der Waals surface area contributed by atoms with Crippen molar-refractivity contribution in [2.75, 3.05) is 16.2 Å². The average Bonchev–Trinajstić information content (AvgIpc) is 2.69. The van der Waals surface area contributed by atoms with E-state index < -0.39 is 22.5 Å². The lowest BCUT2D eigenvalue weighted by atomic mass is 10.2. The summed E-state index contributed by atoms with van der Waals surface area (Å²) in [6, 6.07) is 20.3. The maximum Gasteiger partial charge on any atom is 0.264 e. The summed E-state index contributed by atoms with van der Waals surface area (Å²) in [5.74, 6) is -0.463. The molecular formula is C22H21ClN2O3S. The number of aryl methyl sites for hydroxylation is 2. The van der Waals surface area contributed by atoms with E-state index in [-0.39, 0.29) is 15.6 Å². The van der Waals surface area contributed by atoms with Crippen molar-refractivity contribution in [1.82, 2.24) is 0 Å². The maximum atomic E-state index is 13.3. The van der Waals surface area contributed by atoms with Gasteiger partial charge in [0.25, 0.3) is 10.0 Å². The molecule has 3 aromatic carbocycles. The minimum absolute atomic E-state index is 0.0895. The number of nitrogens with one attached hydrogen (secondary N) is 1. The fourth-order valence-corrected chi connectivity index (χ4v) is 4.55. The number of rotatable bonds is 6. The first-order chi connectivity index (χ1) is 13.8. The summed E-state index contributed by atoms with van der Waals surface area (Å²) in [6.45, 7) is 3.33. The van der Waals surface area contributed by atoms with Crippen LogP contribution < -0.4 is 9.62 Å². The van der Waals surface area contributed by atoms with Gasteiger partial charge in [0.15, 0.2) is 0 Å². The highest BCUT2D eigenvalue weighted by Crippen LogP contribution is 2.30. The first-order valence-electron chi connectivity index (χ1n) is 8.98. The molecule has 0 saturated carbocycles. The Morgan fingerprint density at radius 3 is 2.21 bits per heavy atom. The van der Waals surface area contributed by atoms with E-state index in [0.29, 0.717) is 5.69 Å². The van der Waals surface area contributed by atoms with Gasteiger partial charge in [-0.25, -0.2) is 8.42 Å². The zero-order valence-electron chi connectivity index (χ0n) is 16.1. The van der Waals surface area contributed by atoms with Gasteiger partial charge >= 0.3 is 0 Å². The SMILES string of the molecule is Cc1ccc(S(=O)(=O)N(CC(=O)Nc2ccccc2C)c2ccccc2Cl)cc1. The lowest BCUT2D eigenvalue weighted by Gasteiger charge is -2.25. The second-order valence-electron chi connectivity index (χ2n) is 6.64. The number of hydrogen-bond donors (Lipinski definition) is 1. The molecule has 0 radical (unpaired) electrons. The van der Waals surface area contributed by atoms with Gasteiger partial charge in [0, 0.05) is 5.69 Å². The number of carbonyl (C=O) groups is 1. The summed E-state index contributed by atoms with van der Waals surface area (Å²) in [5, 5.41) is 3.02. The molecule has 0 aliphatic heterocycles. The fourth-order valence-electron chi connectivity index (χ4n) is 2.82. The fraction of sp³-hybridized carbons (Fsp3) is 0.136. The molecule has 0 fully saturated rings. The van der Waals surface area contributed by atoms with E-state index in [1.54, 1.807) is 48.5 Å². The van der Waals surface area contributed by atoms with Gasteiger partial charge < -0.3 is 5.32 Å². The molecule has 5 nitrogen and oxygen atoms in total. The standard InChI is InChI=1S/C22H21ClN2O3S/c1-16-11-13-18(14-12-16)29(27,28)25(21-10-6-4-8-19(21)23)15-22(26)24-20-9-5-3-7-17(20)2/h3-14H,15H2,1-2H3,(H,24,26). The highest BCUT2D eigenvalue weighted by atomic mass is 35.5. The van der Waals surface area contributed by atoms with Gasteiger partial charge in [-0.05, 0) is 49.7 Å². The third kappa shape index (κ3) is 4.78. The molecule has 29 heavy (non-hydrogen) atoms. The second kappa shape index (κ2) is 8.68. The van der Waals surface area contributed by atoms with Crippen LogP contribution in [0.15, 0.2) is 77.7 Å². The molecule has 0 aliphatic rings. The van der Waals surface area contributed by atoms with Crippen molar-refractivity contribution < 1.29 is 13.2 Å². The number of sulfonamides is 1. The zero-order valence-corrected chi connectivity index (χ0v) is 17.7. The van der Waals surface area contributed by atoms with Crippen molar-refractivity contribution in [2.24, 2.45) is 0 Å². The van der Waals surface area contributed by atoms with Crippen LogP contribution in [0.4, 0.5) is 11.4 Å². The van der Waals surface area contributed by atoms with Crippen LogP contribution in [-0.2, 0) is 14.8 Å². The molecule has 0 saturated heterocycles. The molecule has 1 amide bonds. The first-order valence-corrected chi connectivity index (χ1v) is 10.8. The number of carbonyl (C=O) groups excluding carboxylic acids is 1. The van der Waals surface area contributed by atoms with Crippen molar-refractivity contribution in [1.29, 1.82) is 0 Å². The predicted molar refractivity (Wildman–Crippen MR) is 117 cm³/mol. The van der Waals surface area contributed by atoms with Gasteiger partial charge in [-0.1, -0.05) is 59.6 Å². The molecule has 1 N–H and O–H groups in total. The van der Waals surface area contributed by atoms with E-state index in [1.807, 2.05) is 26.0 Å². The van der Waals surface area contributed by atoms with Crippen molar-refractivity contribution in [3.63, 3.8) is 0 Å². The number of halogens is 1. The minimum Gasteiger partial charge on any atom is -0.324 e. The zero-order chi connectivity index (χ0) is 21.0. The van der Waals surface area contributed by atoms with E-state index >= 15 is 0 Å². The summed E-state index contributed by atoms with van der Waals surface area (Å²) in [5.41, 5.74) is 2.69. The van der Waals surface area contributed by atoms with Crippen LogP contribution in [-0.4, -0.2) is 20.9 Å². The molecule has 0 spiro atoms.